The van der Waals surface area contributed by atoms with Crippen LogP contribution in [0.2, 0.25) is 0 Å². The van der Waals surface area contributed by atoms with Crippen molar-refractivity contribution in [2.45, 2.75) is 0 Å². The van der Waals surface area contributed by atoms with E-state index in [-0.39, 0.29) is 11.4 Å². The topological polar surface area (TPSA) is 92.2 Å². The molecule has 3 aromatic carbocycles. The molecule has 0 atom stereocenters. The van der Waals surface area contributed by atoms with Gasteiger partial charge in [0.1, 0.15) is 11.5 Å². The molecule has 0 radical (unpaired) electrons. The molecule has 1 heterocycles. The normalized spacial score (nSPS) is 10.6. The van der Waals surface area contributed by atoms with Crippen molar-refractivity contribution in [3.63, 3.8) is 0 Å². The Morgan fingerprint density at radius 2 is 1.53 bits per heavy atom. The quantitative estimate of drug-likeness (QED) is 0.364. The molecule has 0 saturated carbocycles. The van der Waals surface area contributed by atoms with Crippen molar-refractivity contribution in [2.24, 2.45) is 0 Å². The van der Waals surface area contributed by atoms with Crippen molar-refractivity contribution in [2.75, 3.05) is 16.1 Å². The number of hydrogen-bond donors (Lipinski definition) is 3. The number of fused-ring (bicyclic) bond motifs is 1. The number of amides is 3. The van der Waals surface area contributed by atoms with Crippen LogP contribution in [0, 0.1) is 5.82 Å². The second-order valence-electron chi connectivity index (χ2n) is 6.76. The molecular formula is C23H16BrFN4O3. The Kier molecular flexibility index (Phi) is 6.00. The van der Waals surface area contributed by atoms with Crippen molar-refractivity contribution in [3.8, 4) is 0 Å². The van der Waals surface area contributed by atoms with Crippen molar-refractivity contribution < 1.29 is 18.8 Å². The minimum atomic E-state index is -0.978. The Labute approximate surface area is 190 Å². The summed E-state index contributed by atoms with van der Waals surface area (Å²) in [5, 5.41) is 5.60. The van der Waals surface area contributed by atoms with Gasteiger partial charge in [0.15, 0.2) is 0 Å². The molecule has 0 bridgehead atoms. The van der Waals surface area contributed by atoms with Crippen LogP contribution in [0.15, 0.2) is 83.3 Å². The Morgan fingerprint density at radius 3 is 2.28 bits per heavy atom. The molecule has 0 aliphatic carbocycles. The Hall–Kier alpha value is -3.98. The molecule has 32 heavy (non-hydrogen) atoms. The van der Waals surface area contributed by atoms with Gasteiger partial charge in [-0.15, -0.1) is 0 Å². The van der Waals surface area contributed by atoms with Gasteiger partial charge in [0.05, 0.1) is 11.2 Å². The summed E-state index contributed by atoms with van der Waals surface area (Å²) in [4.78, 5) is 37.8. The fraction of sp³-hybridized carbons (Fsp3) is 0. The lowest BCUT2D eigenvalue weighted by Gasteiger charge is -2.13. The number of para-hydroxylation sites is 2. The van der Waals surface area contributed by atoms with Gasteiger partial charge in [0, 0.05) is 15.5 Å². The van der Waals surface area contributed by atoms with Crippen LogP contribution < -0.4 is 16.1 Å². The highest BCUT2D eigenvalue weighted by Crippen LogP contribution is 2.24. The van der Waals surface area contributed by atoms with Gasteiger partial charge in [-0.05, 0) is 48.5 Å². The van der Waals surface area contributed by atoms with E-state index >= 15 is 0 Å². The van der Waals surface area contributed by atoms with Gasteiger partial charge >= 0.3 is 11.8 Å². The summed E-state index contributed by atoms with van der Waals surface area (Å²) in [6.07, 6.45) is 0. The molecule has 0 saturated heterocycles. The highest BCUT2D eigenvalue weighted by molar-refractivity contribution is 9.10. The summed E-state index contributed by atoms with van der Waals surface area (Å²) in [6.45, 7) is 0. The Morgan fingerprint density at radius 1 is 0.812 bits per heavy atom. The van der Waals surface area contributed by atoms with Crippen LogP contribution in [0.25, 0.3) is 10.9 Å². The number of aromatic nitrogens is 1. The van der Waals surface area contributed by atoms with E-state index in [1.807, 2.05) is 0 Å². The maximum Gasteiger partial charge on any atom is 0.328 e. The summed E-state index contributed by atoms with van der Waals surface area (Å²) < 4.78 is 16.0. The smallest absolute Gasteiger partial charge is 0.318 e. The van der Waals surface area contributed by atoms with E-state index < -0.39 is 23.5 Å². The summed E-state index contributed by atoms with van der Waals surface area (Å²) in [5.74, 6) is -3.14. The first-order valence-electron chi connectivity index (χ1n) is 9.46. The largest absolute Gasteiger partial charge is 0.328 e. The van der Waals surface area contributed by atoms with E-state index in [1.165, 1.54) is 28.9 Å². The van der Waals surface area contributed by atoms with Crippen molar-refractivity contribution in [3.05, 3.63) is 94.8 Å². The third kappa shape index (κ3) is 4.52. The van der Waals surface area contributed by atoms with Crippen LogP contribution in [0.1, 0.15) is 10.5 Å². The van der Waals surface area contributed by atoms with Gasteiger partial charge in [0.25, 0.3) is 5.91 Å². The van der Waals surface area contributed by atoms with E-state index in [0.29, 0.717) is 16.6 Å². The molecule has 7 nitrogen and oxygen atoms in total. The van der Waals surface area contributed by atoms with Crippen LogP contribution in [-0.4, -0.2) is 22.4 Å². The molecule has 4 rings (SSSR count). The standard InChI is InChI=1S/C23H16BrFN4O3/c24-15-10-11-19-14(12-15)13-20(21(30)27-18-9-5-4-8-17(18)25)29(19)28-23(32)22(31)26-16-6-2-1-3-7-16/h1-13H,(H,26,31)(H,27,30)(H,28,32). The molecule has 160 valence electrons. The first-order chi connectivity index (χ1) is 15.4. The molecule has 0 unspecified atom stereocenters. The summed E-state index contributed by atoms with van der Waals surface area (Å²) in [7, 11) is 0. The van der Waals surface area contributed by atoms with Crippen LogP contribution >= 0.6 is 15.9 Å². The van der Waals surface area contributed by atoms with Crippen molar-refractivity contribution in [1.29, 1.82) is 0 Å². The van der Waals surface area contributed by atoms with Crippen molar-refractivity contribution in [1.82, 2.24) is 4.68 Å². The number of nitrogens with zero attached hydrogens (tertiary/aromatic N) is 1. The fourth-order valence-corrected chi connectivity index (χ4v) is 3.46. The molecule has 0 aliphatic heterocycles. The van der Waals surface area contributed by atoms with E-state index in [9.17, 15) is 18.8 Å². The SMILES string of the molecule is O=C(Nc1ccccc1)C(=O)Nn1c(C(=O)Nc2ccccc2F)cc2cc(Br)ccc21. The predicted octanol–water partition coefficient (Wildman–Crippen LogP) is 4.50. The molecule has 3 N–H and O–H groups in total. The number of anilines is 2. The lowest BCUT2D eigenvalue weighted by molar-refractivity contribution is -0.133. The van der Waals surface area contributed by atoms with Gasteiger partial charge in [0.2, 0.25) is 0 Å². The molecule has 4 aromatic rings. The average molecular weight is 495 g/mol. The summed E-state index contributed by atoms with van der Waals surface area (Å²) in [6, 6.07) is 20.9. The maximum absolute atomic E-state index is 14.0. The third-order valence-corrected chi connectivity index (χ3v) is 5.06. The minimum absolute atomic E-state index is 0.0105. The summed E-state index contributed by atoms with van der Waals surface area (Å²) >= 11 is 3.37. The van der Waals surface area contributed by atoms with E-state index in [1.54, 1.807) is 54.6 Å². The van der Waals surface area contributed by atoms with E-state index in [2.05, 4.69) is 32.0 Å². The average Bonchev–Trinajstić information content (AvgIpc) is 3.13. The monoisotopic (exact) mass is 494 g/mol. The van der Waals surface area contributed by atoms with Crippen LogP contribution in [0.5, 0.6) is 0 Å². The van der Waals surface area contributed by atoms with Crippen LogP contribution in [-0.2, 0) is 9.59 Å². The zero-order chi connectivity index (χ0) is 22.7. The summed E-state index contributed by atoms with van der Waals surface area (Å²) in [5.41, 5.74) is 3.39. The van der Waals surface area contributed by atoms with Crippen LogP contribution in [0.3, 0.4) is 0 Å². The lowest BCUT2D eigenvalue weighted by atomic mass is 10.2. The second kappa shape index (κ2) is 9.03. The van der Waals surface area contributed by atoms with Crippen molar-refractivity contribution >= 4 is 55.9 Å². The molecular weight excluding hydrogens is 479 g/mol. The number of carbonyl (C=O) groups excluding carboxylic acids is 3. The molecule has 0 spiro atoms. The zero-order valence-corrected chi connectivity index (χ0v) is 18.0. The maximum atomic E-state index is 14.0. The van der Waals surface area contributed by atoms with Gasteiger partial charge in [-0.3, -0.25) is 19.8 Å². The highest BCUT2D eigenvalue weighted by Gasteiger charge is 2.21. The first-order valence-corrected chi connectivity index (χ1v) is 10.3. The molecule has 1 aromatic heterocycles. The van der Waals surface area contributed by atoms with Gasteiger partial charge < -0.3 is 10.6 Å². The number of halogens is 2. The Balaban J connectivity index is 1.65. The number of hydrogen-bond acceptors (Lipinski definition) is 3. The fourth-order valence-electron chi connectivity index (χ4n) is 3.08. The van der Waals surface area contributed by atoms with Gasteiger partial charge in [-0.1, -0.05) is 46.3 Å². The van der Waals surface area contributed by atoms with Gasteiger partial charge in [-0.2, -0.15) is 0 Å². The Bertz CT molecular complexity index is 1340. The molecule has 9 heteroatoms. The molecule has 0 aliphatic rings. The first kappa shape index (κ1) is 21.3. The predicted molar refractivity (Wildman–Crippen MR) is 123 cm³/mol. The number of benzene rings is 3. The number of rotatable bonds is 4. The molecule has 0 fully saturated rings. The third-order valence-electron chi connectivity index (χ3n) is 4.57. The van der Waals surface area contributed by atoms with Crippen LogP contribution in [0.4, 0.5) is 15.8 Å². The lowest BCUT2D eigenvalue weighted by Crippen LogP contribution is -2.36. The number of nitrogens with one attached hydrogen (secondary N) is 3. The molecule has 3 amide bonds. The van der Waals surface area contributed by atoms with E-state index in [0.717, 1.165) is 4.47 Å². The minimum Gasteiger partial charge on any atom is -0.318 e. The van der Waals surface area contributed by atoms with Gasteiger partial charge in [-0.25, -0.2) is 9.07 Å². The zero-order valence-electron chi connectivity index (χ0n) is 16.4. The highest BCUT2D eigenvalue weighted by atomic mass is 79.9. The second-order valence-corrected chi connectivity index (χ2v) is 7.68. The number of carbonyl (C=O) groups is 3. The van der Waals surface area contributed by atoms with E-state index in [4.69, 9.17) is 0 Å².